The third kappa shape index (κ3) is 3.10. The summed E-state index contributed by atoms with van der Waals surface area (Å²) in [7, 11) is 2.20. The van der Waals surface area contributed by atoms with E-state index in [0.717, 1.165) is 26.0 Å². The summed E-state index contributed by atoms with van der Waals surface area (Å²) < 4.78 is 5.62. The average Bonchev–Trinajstić information content (AvgIpc) is 2.82. The molecule has 0 aliphatic carbocycles. The first-order valence-electron chi connectivity index (χ1n) is 6.81. The van der Waals surface area contributed by atoms with E-state index in [4.69, 9.17) is 10.5 Å². The van der Waals surface area contributed by atoms with Crippen molar-refractivity contribution in [2.75, 3.05) is 20.2 Å². The van der Waals surface area contributed by atoms with Gasteiger partial charge in [-0.05, 0) is 37.9 Å². The van der Waals surface area contributed by atoms with E-state index in [0.29, 0.717) is 18.7 Å². The van der Waals surface area contributed by atoms with E-state index in [1.807, 2.05) is 0 Å². The van der Waals surface area contributed by atoms with Crippen LogP contribution in [0.3, 0.4) is 0 Å². The van der Waals surface area contributed by atoms with E-state index < -0.39 is 0 Å². The number of rotatable bonds is 5. The fourth-order valence-electron chi connectivity index (χ4n) is 2.76. The Morgan fingerprint density at radius 1 is 1.33 bits per heavy atom. The van der Waals surface area contributed by atoms with Gasteiger partial charge in [-0.15, -0.1) is 0 Å². The summed E-state index contributed by atoms with van der Waals surface area (Å²) in [6, 6.07) is 9.02. The number of nitrogens with zero attached hydrogens (tertiary/aromatic N) is 1. The zero-order chi connectivity index (χ0) is 13.0. The summed E-state index contributed by atoms with van der Waals surface area (Å²) >= 11 is 0. The van der Waals surface area contributed by atoms with E-state index in [2.05, 4.69) is 43.1 Å². The Morgan fingerprint density at radius 2 is 2.06 bits per heavy atom. The number of likely N-dealkylation sites (N-methyl/N-ethyl adjacent to an activating group) is 1. The van der Waals surface area contributed by atoms with Crippen LogP contribution in [-0.4, -0.2) is 37.2 Å². The van der Waals surface area contributed by atoms with Crippen molar-refractivity contribution in [1.29, 1.82) is 0 Å². The smallest absolute Gasteiger partial charge is 0.0702 e. The second kappa shape index (κ2) is 6.32. The second-order valence-electron chi connectivity index (χ2n) is 5.14. The fraction of sp³-hybridized carbons (Fsp3) is 0.600. The minimum Gasteiger partial charge on any atom is -0.377 e. The highest BCUT2D eigenvalue weighted by atomic mass is 16.5. The standard InChI is InChI=1S/C15H24N2O/c1-12-15(8-10-18-12)17(2)9-7-13-5-3-4-6-14(13)11-16/h3-6,12,15H,7-11,16H2,1-2H3. The zero-order valence-electron chi connectivity index (χ0n) is 11.4. The van der Waals surface area contributed by atoms with Crippen molar-refractivity contribution in [1.82, 2.24) is 4.90 Å². The van der Waals surface area contributed by atoms with E-state index in [-0.39, 0.29) is 0 Å². The lowest BCUT2D eigenvalue weighted by Gasteiger charge is -2.26. The van der Waals surface area contributed by atoms with Gasteiger partial charge in [-0.3, -0.25) is 0 Å². The lowest BCUT2D eigenvalue weighted by molar-refractivity contribution is 0.0841. The van der Waals surface area contributed by atoms with Gasteiger partial charge >= 0.3 is 0 Å². The van der Waals surface area contributed by atoms with Crippen LogP contribution in [-0.2, 0) is 17.7 Å². The molecule has 2 N–H and O–H groups in total. The topological polar surface area (TPSA) is 38.5 Å². The van der Waals surface area contributed by atoms with Crippen LogP contribution in [0.25, 0.3) is 0 Å². The highest BCUT2D eigenvalue weighted by molar-refractivity contribution is 5.27. The van der Waals surface area contributed by atoms with Crippen LogP contribution in [0.1, 0.15) is 24.5 Å². The van der Waals surface area contributed by atoms with Crippen LogP contribution >= 0.6 is 0 Å². The first-order chi connectivity index (χ1) is 8.72. The predicted molar refractivity (Wildman–Crippen MR) is 74.5 cm³/mol. The number of ether oxygens (including phenoxy) is 1. The summed E-state index contributed by atoms with van der Waals surface area (Å²) in [5.41, 5.74) is 8.41. The van der Waals surface area contributed by atoms with Gasteiger partial charge in [0.05, 0.1) is 6.10 Å². The molecule has 0 spiro atoms. The third-order valence-corrected chi connectivity index (χ3v) is 3.97. The van der Waals surface area contributed by atoms with Crippen molar-refractivity contribution in [2.45, 2.75) is 38.5 Å². The van der Waals surface area contributed by atoms with E-state index in [1.54, 1.807) is 0 Å². The molecule has 1 heterocycles. The molecule has 1 saturated heterocycles. The van der Waals surface area contributed by atoms with Crippen LogP contribution in [0.4, 0.5) is 0 Å². The van der Waals surface area contributed by atoms with Crippen LogP contribution < -0.4 is 5.73 Å². The molecule has 1 aliphatic heterocycles. The van der Waals surface area contributed by atoms with Crippen molar-refractivity contribution in [2.24, 2.45) is 5.73 Å². The highest BCUT2D eigenvalue weighted by Gasteiger charge is 2.27. The molecule has 18 heavy (non-hydrogen) atoms. The van der Waals surface area contributed by atoms with Crippen molar-refractivity contribution in [3.05, 3.63) is 35.4 Å². The maximum atomic E-state index is 5.77. The molecular weight excluding hydrogens is 224 g/mol. The Labute approximate surface area is 110 Å². The zero-order valence-corrected chi connectivity index (χ0v) is 11.4. The number of benzene rings is 1. The summed E-state index contributed by atoms with van der Waals surface area (Å²) in [6.45, 7) is 4.76. The van der Waals surface area contributed by atoms with Crippen LogP contribution in [0.15, 0.2) is 24.3 Å². The lowest BCUT2D eigenvalue weighted by Crippen LogP contribution is -2.38. The largest absolute Gasteiger partial charge is 0.377 e. The summed E-state index contributed by atoms with van der Waals surface area (Å²) in [4.78, 5) is 2.42. The average molecular weight is 248 g/mol. The highest BCUT2D eigenvalue weighted by Crippen LogP contribution is 2.19. The molecular formula is C15H24N2O. The Bertz CT molecular complexity index is 381. The van der Waals surface area contributed by atoms with E-state index in [1.165, 1.54) is 11.1 Å². The fourth-order valence-corrected chi connectivity index (χ4v) is 2.76. The Kier molecular flexibility index (Phi) is 4.75. The van der Waals surface area contributed by atoms with E-state index in [9.17, 15) is 0 Å². The second-order valence-corrected chi connectivity index (χ2v) is 5.14. The molecule has 0 saturated carbocycles. The SMILES string of the molecule is CC1OCCC1N(C)CCc1ccccc1CN. The van der Waals surface area contributed by atoms with Gasteiger partial charge < -0.3 is 15.4 Å². The number of hydrogen-bond acceptors (Lipinski definition) is 3. The van der Waals surface area contributed by atoms with Crippen LogP contribution in [0, 0.1) is 0 Å². The molecule has 3 heteroatoms. The van der Waals surface area contributed by atoms with Gasteiger partial charge in [0.2, 0.25) is 0 Å². The van der Waals surface area contributed by atoms with Crippen molar-refractivity contribution >= 4 is 0 Å². The maximum absolute atomic E-state index is 5.77. The van der Waals surface area contributed by atoms with Gasteiger partial charge in [0, 0.05) is 25.7 Å². The molecule has 1 aromatic carbocycles. The molecule has 1 fully saturated rings. The lowest BCUT2D eigenvalue weighted by atomic mass is 10.0. The normalized spacial score (nSPS) is 23.8. The number of nitrogens with two attached hydrogens (primary N) is 1. The first kappa shape index (κ1) is 13.5. The quantitative estimate of drug-likeness (QED) is 0.863. The first-order valence-corrected chi connectivity index (χ1v) is 6.81. The maximum Gasteiger partial charge on any atom is 0.0702 e. The third-order valence-electron chi connectivity index (χ3n) is 3.97. The summed E-state index contributed by atoms with van der Waals surface area (Å²) in [5.74, 6) is 0. The van der Waals surface area contributed by atoms with Crippen LogP contribution in [0.5, 0.6) is 0 Å². The molecule has 2 atom stereocenters. The molecule has 0 bridgehead atoms. The van der Waals surface area contributed by atoms with Gasteiger partial charge in [-0.2, -0.15) is 0 Å². The minimum atomic E-state index is 0.361. The van der Waals surface area contributed by atoms with Crippen LogP contribution in [0.2, 0.25) is 0 Å². The van der Waals surface area contributed by atoms with Gasteiger partial charge in [0.25, 0.3) is 0 Å². The Morgan fingerprint density at radius 3 is 2.67 bits per heavy atom. The summed E-state index contributed by atoms with van der Waals surface area (Å²) in [5, 5.41) is 0. The summed E-state index contributed by atoms with van der Waals surface area (Å²) in [6.07, 6.45) is 2.57. The Balaban J connectivity index is 1.90. The Hall–Kier alpha value is -0.900. The predicted octanol–water partition coefficient (Wildman–Crippen LogP) is 1.80. The molecule has 2 unspecified atom stereocenters. The van der Waals surface area contributed by atoms with Gasteiger partial charge in [-0.25, -0.2) is 0 Å². The van der Waals surface area contributed by atoms with E-state index >= 15 is 0 Å². The van der Waals surface area contributed by atoms with Crippen molar-refractivity contribution < 1.29 is 4.74 Å². The van der Waals surface area contributed by atoms with Gasteiger partial charge in [0.1, 0.15) is 0 Å². The van der Waals surface area contributed by atoms with Crippen molar-refractivity contribution in [3.8, 4) is 0 Å². The molecule has 0 radical (unpaired) electrons. The molecule has 1 aliphatic rings. The molecule has 100 valence electrons. The molecule has 2 rings (SSSR count). The minimum absolute atomic E-state index is 0.361. The molecule has 1 aromatic rings. The van der Waals surface area contributed by atoms with Gasteiger partial charge in [0.15, 0.2) is 0 Å². The van der Waals surface area contributed by atoms with Gasteiger partial charge in [-0.1, -0.05) is 24.3 Å². The monoisotopic (exact) mass is 248 g/mol. The number of hydrogen-bond donors (Lipinski definition) is 1. The van der Waals surface area contributed by atoms with Crippen molar-refractivity contribution in [3.63, 3.8) is 0 Å². The molecule has 0 amide bonds. The molecule has 3 nitrogen and oxygen atoms in total. The molecule has 0 aromatic heterocycles.